The predicted molar refractivity (Wildman–Crippen MR) is 91.9 cm³/mol. The fourth-order valence-corrected chi connectivity index (χ4v) is 4.22. The van der Waals surface area contributed by atoms with Crippen molar-refractivity contribution in [2.24, 2.45) is 5.73 Å². The van der Waals surface area contributed by atoms with Crippen molar-refractivity contribution in [1.29, 1.82) is 0 Å². The predicted octanol–water partition coefficient (Wildman–Crippen LogP) is 1.70. The van der Waals surface area contributed by atoms with Gasteiger partial charge in [-0.2, -0.15) is 11.3 Å². The number of rotatable bonds is 4. The van der Waals surface area contributed by atoms with E-state index in [-0.39, 0.29) is 17.9 Å². The summed E-state index contributed by atoms with van der Waals surface area (Å²) in [6.45, 7) is 2.45. The molecule has 2 saturated heterocycles. The average molecular weight is 333 g/mol. The number of piperidine rings is 1. The summed E-state index contributed by atoms with van der Waals surface area (Å²) in [5, 5.41) is 4.02. The second-order valence-corrected chi connectivity index (χ2v) is 7.02. The van der Waals surface area contributed by atoms with Gasteiger partial charge in [0.05, 0.1) is 6.04 Å². The van der Waals surface area contributed by atoms with Crippen LogP contribution in [0.5, 0.6) is 0 Å². The minimum Gasteiger partial charge on any atom is -0.368 e. The number of likely N-dealkylation sites (tertiary alicyclic amines) is 2. The molecule has 2 fully saturated rings. The highest BCUT2D eigenvalue weighted by molar-refractivity contribution is 7.08. The summed E-state index contributed by atoms with van der Waals surface area (Å²) in [7, 11) is 0. The zero-order valence-electron chi connectivity index (χ0n) is 13.2. The molecule has 1 unspecified atom stereocenters. The van der Waals surface area contributed by atoms with Gasteiger partial charge in [-0.3, -0.25) is 14.5 Å². The molecule has 6 heteroatoms. The summed E-state index contributed by atoms with van der Waals surface area (Å²) < 4.78 is 0. The molecule has 2 aliphatic rings. The van der Waals surface area contributed by atoms with Gasteiger partial charge in [-0.15, -0.1) is 0 Å². The highest BCUT2D eigenvalue weighted by atomic mass is 32.1. The minimum absolute atomic E-state index is 0.0718. The van der Waals surface area contributed by atoms with Gasteiger partial charge < -0.3 is 10.6 Å². The molecule has 23 heavy (non-hydrogen) atoms. The molecule has 0 spiro atoms. The van der Waals surface area contributed by atoms with Crippen LogP contribution in [0.2, 0.25) is 0 Å². The van der Waals surface area contributed by atoms with E-state index in [2.05, 4.69) is 4.90 Å². The highest BCUT2D eigenvalue weighted by Gasteiger charge is 2.35. The Hall–Kier alpha value is -1.66. The Balaban J connectivity index is 1.52. The van der Waals surface area contributed by atoms with E-state index in [1.165, 1.54) is 0 Å². The summed E-state index contributed by atoms with van der Waals surface area (Å²) in [5.74, 6) is -0.137. The Morgan fingerprint density at radius 1 is 1.22 bits per heavy atom. The van der Waals surface area contributed by atoms with Gasteiger partial charge >= 0.3 is 0 Å². The smallest absolute Gasteiger partial charge is 0.246 e. The third kappa shape index (κ3) is 3.82. The maximum atomic E-state index is 12.2. The lowest BCUT2D eigenvalue weighted by molar-refractivity contribution is -0.129. The Labute approximate surface area is 140 Å². The molecular weight excluding hydrogens is 310 g/mol. The molecule has 1 atom stereocenters. The van der Waals surface area contributed by atoms with Crippen molar-refractivity contribution in [2.75, 3.05) is 19.6 Å². The van der Waals surface area contributed by atoms with E-state index in [1.807, 2.05) is 27.8 Å². The standard InChI is InChI=1S/C17H23N3O2S/c18-17(22)15-2-1-8-20(15)14-5-9-19(10-6-14)16(21)4-3-13-7-11-23-12-13/h3-4,7,11-12,14-15H,1-2,5-6,8-10H2,(H2,18,22)/b4-3+. The Morgan fingerprint density at radius 3 is 2.65 bits per heavy atom. The minimum atomic E-state index is -0.209. The molecule has 0 radical (unpaired) electrons. The van der Waals surface area contributed by atoms with Crippen LogP contribution in [0.15, 0.2) is 22.9 Å². The van der Waals surface area contributed by atoms with E-state index in [4.69, 9.17) is 5.73 Å². The zero-order chi connectivity index (χ0) is 16.2. The number of hydrogen-bond donors (Lipinski definition) is 1. The molecule has 2 N–H and O–H groups in total. The SMILES string of the molecule is NC(=O)C1CCCN1C1CCN(C(=O)/C=C/c2ccsc2)CC1. The topological polar surface area (TPSA) is 66.6 Å². The maximum absolute atomic E-state index is 12.2. The third-order valence-electron chi connectivity index (χ3n) is 4.83. The first kappa shape index (κ1) is 16.2. The quantitative estimate of drug-likeness (QED) is 0.853. The van der Waals surface area contributed by atoms with Crippen molar-refractivity contribution >= 4 is 29.2 Å². The summed E-state index contributed by atoms with van der Waals surface area (Å²) in [5.41, 5.74) is 6.57. The lowest BCUT2D eigenvalue weighted by Gasteiger charge is -2.38. The van der Waals surface area contributed by atoms with Gasteiger partial charge in [-0.25, -0.2) is 0 Å². The number of primary amides is 1. The van der Waals surface area contributed by atoms with Crippen molar-refractivity contribution in [2.45, 2.75) is 37.8 Å². The van der Waals surface area contributed by atoms with E-state index in [0.717, 1.165) is 50.9 Å². The second kappa shape index (κ2) is 7.27. The van der Waals surface area contributed by atoms with Gasteiger partial charge in [0.15, 0.2) is 0 Å². The molecule has 1 aromatic rings. The second-order valence-electron chi connectivity index (χ2n) is 6.24. The molecule has 3 rings (SSSR count). The van der Waals surface area contributed by atoms with Crippen LogP contribution < -0.4 is 5.73 Å². The van der Waals surface area contributed by atoms with Gasteiger partial charge in [0, 0.05) is 25.2 Å². The monoisotopic (exact) mass is 333 g/mol. The Kier molecular flexibility index (Phi) is 5.13. The van der Waals surface area contributed by atoms with Crippen molar-refractivity contribution in [3.8, 4) is 0 Å². The number of hydrogen-bond acceptors (Lipinski definition) is 4. The number of thiophene rings is 1. The summed E-state index contributed by atoms with van der Waals surface area (Å²) in [6.07, 6.45) is 7.27. The van der Waals surface area contributed by atoms with Crippen molar-refractivity contribution in [3.05, 3.63) is 28.5 Å². The first-order valence-corrected chi connectivity index (χ1v) is 9.13. The van der Waals surface area contributed by atoms with Crippen LogP contribution in [0.4, 0.5) is 0 Å². The van der Waals surface area contributed by atoms with Crippen molar-refractivity contribution in [3.63, 3.8) is 0 Å². The van der Waals surface area contributed by atoms with E-state index in [0.29, 0.717) is 6.04 Å². The zero-order valence-corrected chi connectivity index (χ0v) is 14.0. The van der Waals surface area contributed by atoms with E-state index in [1.54, 1.807) is 17.4 Å². The van der Waals surface area contributed by atoms with E-state index in [9.17, 15) is 9.59 Å². The van der Waals surface area contributed by atoms with Crippen LogP contribution in [0.25, 0.3) is 6.08 Å². The lowest BCUT2D eigenvalue weighted by atomic mass is 10.0. The normalized spacial score (nSPS) is 23.7. The van der Waals surface area contributed by atoms with Gasteiger partial charge in [0.1, 0.15) is 0 Å². The number of nitrogens with two attached hydrogens (primary N) is 1. The third-order valence-corrected chi connectivity index (χ3v) is 5.53. The molecule has 2 amide bonds. The first-order valence-electron chi connectivity index (χ1n) is 8.19. The molecular formula is C17H23N3O2S. The highest BCUT2D eigenvalue weighted by Crippen LogP contribution is 2.26. The molecule has 0 saturated carbocycles. The molecule has 3 heterocycles. The molecule has 0 aliphatic carbocycles. The maximum Gasteiger partial charge on any atom is 0.246 e. The molecule has 5 nitrogen and oxygen atoms in total. The van der Waals surface area contributed by atoms with Gasteiger partial charge in [0.2, 0.25) is 11.8 Å². The van der Waals surface area contributed by atoms with Crippen molar-refractivity contribution in [1.82, 2.24) is 9.80 Å². The van der Waals surface area contributed by atoms with Crippen LogP contribution in [-0.4, -0.2) is 53.3 Å². The van der Waals surface area contributed by atoms with E-state index >= 15 is 0 Å². The molecule has 0 aromatic carbocycles. The summed E-state index contributed by atoms with van der Waals surface area (Å²) in [4.78, 5) is 27.9. The molecule has 0 bridgehead atoms. The fraction of sp³-hybridized carbons (Fsp3) is 0.529. The largest absolute Gasteiger partial charge is 0.368 e. The number of carbonyl (C=O) groups excluding carboxylic acids is 2. The van der Waals surface area contributed by atoms with Crippen LogP contribution in [-0.2, 0) is 9.59 Å². The van der Waals surface area contributed by atoms with Crippen LogP contribution in [0.1, 0.15) is 31.2 Å². The summed E-state index contributed by atoms with van der Waals surface area (Å²) in [6, 6.07) is 2.26. The van der Waals surface area contributed by atoms with Gasteiger partial charge in [0.25, 0.3) is 0 Å². The first-order chi connectivity index (χ1) is 11.1. The van der Waals surface area contributed by atoms with Crippen LogP contribution >= 0.6 is 11.3 Å². The lowest BCUT2D eigenvalue weighted by Crippen LogP contribution is -2.51. The Bertz CT molecular complexity index is 577. The molecule has 1 aromatic heterocycles. The number of carbonyl (C=O) groups is 2. The van der Waals surface area contributed by atoms with Crippen molar-refractivity contribution < 1.29 is 9.59 Å². The summed E-state index contributed by atoms with van der Waals surface area (Å²) >= 11 is 1.62. The fourth-order valence-electron chi connectivity index (χ4n) is 3.59. The molecule has 124 valence electrons. The molecule has 2 aliphatic heterocycles. The average Bonchev–Trinajstić information content (AvgIpc) is 3.24. The van der Waals surface area contributed by atoms with Crippen LogP contribution in [0.3, 0.4) is 0 Å². The van der Waals surface area contributed by atoms with E-state index < -0.39 is 0 Å². The van der Waals surface area contributed by atoms with Gasteiger partial charge in [-0.05, 0) is 60.7 Å². The van der Waals surface area contributed by atoms with Crippen LogP contribution in [0, 0.1) is 0 Å². The number of nitrogens with zero attached hydrogens (tertiary/aromatic N) is 2. The Morgan fingerprint density at radius 2 is 2.00 bits per heavy atom. The number of amides is 2. The van der Waals surface area contributed by atoms with Gasteiger partial charge in [-0.1, -0.05) is 0 Å².